The fourth-order valence-electron chi connectivity index (χ4n) is 4.27. The minimum absolute atomic E-state index is 0.145. The van der Waals surface area contributed by atoms with Crippen LogP contribution in [0.3, 0.4) is 0 Å². The van der Waals surface area contributed by atoms with Crippen molar-refractivity contribution in [3.05, 3.63) is 59.7 Å². The summed E-state index contributed by atoms with van der Waals surface area (Å²) in [5.41, 5.74) is 13.1. The van der Waals surface area contributed by atoms with Gasteiger partial charge < -0.3 is 42.2 Å². The van der Waals surface area contributed by atoms with Crippen LogP contribution in [0, 0.1) is 0 Å². The summed E-state index contributed by atoms with van der Waals surface area (Å²) in [6.07, 6.45) is 0.678. The average Bonchev–Trinajstić information content (AvgIpc) is 3.02. The van der Waals surface area contributed by atoms with Gasteiger partial charge >= 0.3 is 0 Å². The topological polar surface area (TPSA) is 204 Å². The number of rotatable bonds is 19. The highest BCUT2D eigenvalue weighted by Gasteiger charge is 2.27. The Morgan fingerprint density at radius 3 is 2.13 bits per heavy atom. The molecule has 0 fully saturated rings. The maximum Gasteiger partial charge on any atom is 0.243 e. The lowest BCUT2D eigenvalue weighted by Crippen LogP contribution is -2.56. The third-order valence-electron chi connectivity index (χ3n) is 6.76. The molecular weight excluding hydrogens is 600 g/mol. The van der Waals surface area contributed by atoms with Crippen molar-refractivity contribution >= 4 is 41.3 Å². The van der Waals surface area contributed by atoms with E-state index in [1.807, 2.05) is 13.0 Å². The Kier molecular flexibility index (Phi) is 15.7. The number of nitrogens with two attached hydrogens (primary N) is 2. The number of thioether (sulfide) groups is 1. The summed E-state index contributed by atoms with van der Waals surface area (Å²) in [5.74, 6) is -0.549. The van der Waals surface area contributed by atoms with E-state index in [9.17, 15) is 24.0 Å². The first-order chi connectivity index (χ1) is 21.5. The number of primary amides is 1. The lowest BCUT2D eigenvalue weighted by molar-refractivity contribution is -0.132. The highest BCUT2D eigenvalue weighted by atomic mass is 32.2. The quantitative estimate of drug-likeness (QED) is 0.114. The standard InChI is InChI=1S/C31H44N6O7S/c1-5-45-14-13-23(28(33)39)37-31(42)24(16-20-9-7-6-8-10-20)36-27(38)18-34-29(40)19(2)35-30(41)22(32)15-21-11-12-25(43-3)26(17-21)44-4/h6-12,17,19,22-24H,5,13-16,18,32H2,1-4H3,(H2,33,39)(H,34,40)(H,35,41)(H,36,38)(H,37,42)/t19-,22+,23+,24+/m1/s1. The van der Waals surface area contributed by atoms with Gasteiger partial charge in [0.2, 0.25) is 29.5 Å². The molecule has 0 saturated heterocycles. The maximum absolute atomic E-state index is 13.2. The van der Waals surface area contributed by atoms with Crippen LogP contribution in [-0.4, -0.2) is 86.0 Å². The van der Waals surface area contributed by atoms with E-state index in [1.54, 1.807) is 54.2 Å². The molecular formula is C31H44N6O7S. The molecule has 0 radical (unpaired) electrons. The van der Waals surface area contributed by atoms with Gasteiger partial charge in [0.15, 0.2) is 11.5 Å². The molecule has 45 heavy (non-hydrogen) atoms. The average molecular weight is 645 g/mol. The molecule has 2 aromatic carbocycles. The van der Waals surface area contributed by atoms with E-state index in [-0.39, 0.29) is 12.8 Å². The summed E-state index contributed by atoms with van der Waals surface area (Å²) >= 11 is 1.61. The van der Waals surface area contributed by atoms with Gasteiger partial charge in [-0.25, -0.2) is 0 Å². The van der Waals surface area contributed by atoms with Crippen LogP contribution < -0.4 is 42.2 Å². The van der Waals surface area contributed by atoms with Gasteiger partial charge in [0.25, 0.3) is 0 Å². The predicted octanol–water partition coefficient (Wildman–Crippen LogP) is 0.0353. The number of nitrogens with one attached hydrogen (secondary N) is 4. The summed E-state index contributed by atoms with van der Waals surface area (Å²) in [6, 6.07) is 10.3. The molecule has 2 aromatic rings. The minimum Gasteiger partial charge on any atom is -0.493 e. The molecule has 8 N–H and O–H groups in total. The van der Waals surface area contributed by atoms with Crippen LogP contribution in [0.2, 0.25) is 0 Å². The number of amides is 5. The SMILES string of the molecule is CCSCC[C@H](NC(=O)[C@H](Cc1ccccc1)NC(=O)CNC(=O)[C@@H](C)NC(=O)[C@@H](N)Cc1ccc(OC)c(OC)c1)C(N)=O. The summed E-state index contributed by atoms with van der Waals surface area (Å²) in [6.45, 7) is 2.99. The van der Waals surface area contributed by atoms with Crippen molar-refractivity contribution in [2.45, 2.75) is 57.3 Å². The lowest BCUT2D eigenvalue weighted by atomic mass is 10.0. The molecule has 4 atom stereocenters. The van der Waals surface area contributed by atoms with E-state index in [2.05, 4.69) is 21.3 Å². The number of benzene rings is 2. The Morgan fingerprint density at radius 2 is 1.51 bits per heavy atom. The van der Waals surface area contributed by atoms with Crippen molar-refractivity contribution in [1.82, 2.24) is 21.3 Å². The van der Waals surface area contributed by atoms with Crippen molar-refractivity contribution in [3.8, 4) is 11.5 Å². The van der Waals surface area contributed by atoms with Crippen LogP contribution in [0.4, 0.5) is 0 Å². The zero-order valence-corrected chi connectivity index (χ0v) is 26.9. The highest BCUT2D eigenvalue weighted by molar-refractivity contribution is 7.99. The normalized spacial score (nSPS) is 13.4. The molecule has 14 heteroatoms. The zero-order valence-electron chi connectivity index (χ0n) is 26.1. The molecule has 0 spiro atoms. The van der Waals surface area contributed by atoms with Gasteiger partial charge in [-0.3, -0.25) is 24.0 Å². The Balaban J connectivity index is 1.95. The summed E-state index contributed by atoms with van der Waals surface area (Å²) in [7, 11) is 3.02. The van der Waals surface area contributed by atoms with Gasteiger partial charge in [-0.1, -0.05) is 43.3 Å². The molecule has 0 aliphatic carbocycles. The van der Waals surface area contributed by atoms with E-state index in [1.165, 1.54) is 21.1 Å². The molecule has 0 bridgehead atoms. The molecule has 0 unspecified atom stereocenters. The number of methoxy groups -OCH3 is 2. The Morgan fingerprint density at radius 1 is 0.822 bits per heavy atom. The van der Waals surface area contributed by atoms with Crippen molar-refractivity contribution in [3.63, 3.8) is 0 Å². The summed E-state index contributed by atoms with van der Waals surface area (Å²) < 4.78 is 10.5. The zero-order chi connectivity index (χ0) is 33.4. The van der Waals surface area contributed by atoms with Crippen LogP contribution in [0.25, 0.3) is 0 Å². The van der Waals surface area contributed by atoms with Gasteiger partial charge in [0.05, 0.1) is 26.8 Å². The Bertz CT molecular complexity index is 1300. The fraction of sp³-hybridized carbons (Fsp3) is 0.452. The first-order valence-corrected chi connectivity index (χ1v) is 15.7. The smallest absolute Gasteiger partial charge is 0.243 e. The second kappa shape index (κ2) is 19.2. The molecule has 0 aliphatic rings. The molecule has 13 nitrogen and oxygen atoms in total. The van der Waals surface area contributed by atoms with E-state index in [0.29, 0.717) is 23.7 Å². The summed E-state index contributed by atoms with van der Waals surface area (Å²) in [4.78, 5) is 63.2. The largest absolute Gasteiger partial charge is 0.493 e. The summed E-state index contributed by atoms with van der Waals surface area (Å²) in [5, 5.41) is 10.3. The van der Waals surface area contributed by atoms with Crippen LogP contribution in [-0.2, 0) is 36.8 Å². The molecule has 0 heterocycles. The van der Waals surface area contributed by atoms with E-state index >= 15 is 0 Å². The number of carbonyl (C=O) groups is 5. The maximum atomic E-state index is 13.2. The molecule has 246 valence electrons. The number of carbonyl (C=O) groups excluding carboxylic acids is 5. The number of hydrogen-bond acceptors (Lipinski definition) is 9. The van der Waals surface area contributed by atoms with Gasteiger partial charge in [-0.05, 0) is 54.5 Å². The molecule has 0 aliphatic heterocycles. The third-order valence-corrected chi connectivity index (χ3v) is 7.70. The molecule has 2 rings (SSSR count). The van der Waals surface area contributed by atoms with Gasteiger partial charge in [-0.2, -0.15) is 11.8 Å². The third kappa shape index (κ3) is 12.7. The molecule has 0 saturated carbocycles. The first-order valence-electron chi connectivity index (χ1n) is 14.5. The van der Waals surface area contributed by atoms with E-state index in [0.717, 1.165) is 16.9 Å². The Hall–Kier alpha value is -4.30. The molecule has 0 aromatic heterocycles. The van der Waals surface area contributed by atoms with Crippen molar-refractivity contribution < 1.29 is 33.4 Å². The van der Waals surface area contributed by atoms with Crippen molar-refractivity contribution in [2.24, 2.45) is 11.5 Å². The number of ether oxygens (including phenoxy) is 2. The second-order valence-corrected chi connectivity index (χ2v) is 11.6. The predicted molar refractivity (Wildman–Crippen MR) is 173 cm³/mol. The first kappa shape index (κ1) is 36.9. The Labute approximate surface area is 267 Å². The van der Waals surface area contributed by atoms with Crippen molar-refractivity contribution in [2.75, 3.05) is 32.3 Å². The van der Waals surface area contributed by atoms with Crippen LogP contribution in [0.1, 0.15) is 31.4 Å². The molecule has 5 amide bonds. The van der Waals surface area contributed by atoms with Crippen LogP contribution >= 0.6 is 11.8 Å². The lowest BCUT2D eigenvalue weighted by Gasteiger charge is -2.22. The van der Waals surface area contributed by atoms with Crippen LogP contribution in [0.15, 0.2) is 48.5 Å². The fourth-order valence-corrected chi connectivity index (χ4v) is 4.96. The van der Waals surface area contributed by atoms with Gasteiger partial charge in [-0.15, -0.1) is 0 Å². The van der Waals surface area contributed by atoms with Gasteiger partial charge in [0.1, 0.15) is 18.1 Å². The van der Waals surface area contributed by atoms with Gasteiger partial charge in [0, 0.05) is 6.42 Å². The van der Waals surface area contributed by atoms with Crippen LogP contribution in [0.5, 0.6) is 11.5 Å². The monoisotopic (exact) mass is 644 g/mol. The van der Waals surface area contributed by atoms with E-state index < -0.39 is 60.2 Å². The highest BCUT2D eigenvalue weighted by Crippen LogP contribution is 2.27. The number of hydrogen-bond donors (Lipinski definition) is 6. The van der Waals surface area contributed by atoms with E-state index in [4.69, 9.17) is 20.9 Å². The second-order valence-electron chi connectivity index (χ2n) is 10.2. The minimum atomic E-state index is -1.04. The van der Waals surface area contributed by atoms with Crippen molar-refractivity contribution in [1.29, 1.82) is 0 Å².